The number of rotatable bonds is 13. The van der Waals surface area contributed by atoms with E-state index in [1.807, 2.05) is 91.2 Å². The number of halogens is 3. The third-order valence-corrected chi connectivity index (χ3v) is 13.1. The number of β-amino-alcohol motifs (C(OH)–C–C–N with tert-alkyl or cyclic N) is 1. The Hall–Kier alpha value is -8.49. The molecular weight excluding hydrogens is 1040 g/mol. The molecule has 6 aromatic heterocycles. The first kappa shape index (κ1) is 56.2. The zero-order valence-electron chi connectivity index (χ0n) is 45.6. The number of carbonyl (C=O) groups excluding carboxylic acids is 2. The van der Waals surface area contributed by atoms with Gasteiger partial charge in [-0.15, -0.1) is 20.4 Å². The molecule has 2 aromatic carbocycles. The molecule has 420 valence electrons. The summed E-state index contributed by atoms with van der Waals surface area (Å²) in [7, 11) is 3.64. The first-order valence-corrected chi connectivity index (χ1v) is 25.9. The fourth-order valence-corrected chi connectivity index (χ4v) is 9.14. The van der Waals surface area contributed by atoms with Gasteiger partial charge in [0, 0.05) is 93.6 Å². The summed E-state index contributed by atoms with van der Waals surface area (Å²) in [6.45, 7) is 12.5. The van der Waals surface area contributed by atoms with Crippen LogP contribution in [0, 0.1) is 0 Å². The van der Waals surface area contributed by atoms with E-state index in [0.717, 1.165) is 28.1 Å². The van der Waals surface area contributed by atoms with Gasteiger partial charge < -0.3 is 35.2 Å². The molecule has 1 unspecified atom stereocenters. The second-order valence-electron chi connectivity index (χ2n) is 21.7. The number of nitrogens with one attached hydrogen (secondary N) is 4. The van der Waals surface area contributed by atoms with Crippen molar-refractivity contribution in [1.29, 1.82) is 0 Å². The smallest absolute Gasteiger partial charge is 0.401 e. The third-order valence-electron chi connectivity index (χ3n) is 13.1. The number of anilines is 4. The van der Waals surface area contributed by atoms with Crippen molar-refractivity contribution in [2.75, 3.05) is 43.4 Å². The van der Waals surface area contributed by atoms with Gasteiger partial charge in [-0.25, -0.2) is 19.9 Å². The minimum absolute atomic E-state index is 0.0512. The number of hydrogen-bond acceptors (Lipinski definition) is 19. The lowest BCUT2D eigenvalue weighted by Crippen LogP contribution is -2.35. The van der Waals surface area contributed by atoms with Crippen molar-refractivity contribution in [3.8, 4) is 22.5 Å². The van der Waals surface area contributed by atoms with Crippen molar-refractivity contribution in [1.82, 2.24) is 80.3 Å². The first-order chi connectivity index (χ1) is 38.0. The highest BCUT2D eigenvalue weighted by atomic mass is 19.4. The molecule has 0 saturated carbocycles. The van der Waals surface area contributed by atoms with Gasteiger partial charge >= 0.3 is 29.8 Å². The Bertz CT molecular complexity index is 3450. The molecule has 0 bridgehead atoms. The largest absolute Gasteiger partial charge is 0.416 e. The molecule has 0 spiro atoms. The van der Waals surface area contributed by atoms with E-state index in [1.54, 1.807) is 53.5 Å². The van der Waals surface area contributed by atoms with Gasteiger partial charge in [0.05, 0.1) is 60.4 Å². The molecule has 2 aliphatic rings. The summed E-state index contributed by atoms with van der Waals surface area (Å²) in [4.78, 5) is 47.5. The molecule has 0 aliphatic carbocycles. The molecule has 80 heavy (non-hydrogen) atoms. The molecule has 0 fully saturated rings. The molecule has 23 nitrogen and oxygen atoms in total. The van der Waals surface area contributed by atoms with Gasteiger partial charge in [0.25, 0.3) is 0 Å². The summed E-state index contributed by atoms with van der Waals surface area (Å²) in [5, 5.41) is 46.0. The maximum atomic E-state index is 13.4. The number of aromatic nitrogens is 12. The lowest BCUT2D eigenvalue weighted by Gasteiger charge is -2.22. The first-order valence-electron chi connectivity index (χ1n) is 25.9. The molecule has 8 heterocycles. The molecule has 2 atom stereocenters. The highest BCUT2D eigenvalue weighted by Crippen LogP contribution is 2.34. The predicted octanol–water partition coefficient (Wildman–Crippen LogP) is 7.51. The van der Waals surface area contributed by atoms with Crippen molar-refractivity contribution >= 4 is 35.1 Å². The highest BCUT2D eigenvalue weighted by molar-refractivity contribution is 5.90. The maximum absolute atomic E-state index is 13.4. The number of benzene rings is 2. The van der Waals surface area contributed by atoms with E-state index in [2.05, 4.69) is 77.8 Å². The summed E-state index contributed by atoms with van der Waals surface area (Å²) in [5.41, 5.74) is 7.10. The number of aliphatic hydroxyl groups is 1. The van der Waals surface area contributed by atoms with Gasteiger partial charge in [0.2, 0.25) is 23.7 Å². The fourth-order valence-electron chi connectivity index (χ4n) is 9.14. The zero-order valence-corrected chi connectivity index (χ0v) is 45.6. The molecule has 2 amide bonds. The van der Waals surface area contributed by atoms with Gasteiger partial charge in [-0.2, -0.15) is 23.4 Å². The number of hydrogen-bond donors (Lipinski definition) is 5. The lowest BCUT2D eigenvalue weighted by atomic mass is 9.96. The van der Waals surface area contributed by atoms with E-state index in [1.165, 1.54) is 4.90 Å². The van der Waals surface area contributed by atoms with Crippen molar-refractivity contribution in [2.45, 2.75) is 96.6 Å². The number of carbonyl (C=O) groups is 2. The summed E-state index contributed by atoms with van der Waals surface area (Å²) in [6.07, 6.45) is 6.86. The average Bonchev–Trinajstić information content (AvgIpc) is 4.23. The van der Waals surface area contributed by atoms with Crippen molar-refractivity contribution in [3.05, 3.63) is 132 Å². The minimum Gasteiger partial charge on any atom is -0.416 e. The van der Waals surface area contributed by atoms with E-state index in [9.17, 15) is 27.9 Å². The zero-order chi connectivity index (χ0) is 56.9. The van der Waals surface area contributed by atoms with Crippen LogP contribution in [0.25, 0.3) is 22.5 Å². The van der Waals surface area contributed by atoms with Crippen LogP contribution >= 0.6 is 0 Å². The van der Waals surface area contributed by atoms with Crippen LogP contribution in [0.3, 0.4) is 0 Å². The second-order valence-corrected chi connectivity index (χ2v) is 21.7. The van der Waals surface area contributed by atoms with E-state index >= 15 is 0 Å². The number of amides is 2. The van der Waals surface area contributed by atoms with Gasteiger partial charge in [0.1, 0.15) is 0 Å². The molecule has 2 aliphatic heterocycles. The number of fused-ring (bicyclic) bond motifs is 2. The third kappa shape index (κ3) is 14.2. The Labute approximate surface area is 458 Å². The van der Waals surface area contributed by atoms with Crippen LogP contribution in [0.1, 0.15) is 122 Å². The number of alkyl halides is 3. The van der Waals surface area contributed by atoms with Crippen LogP contribution in [-0.4, -0.2) is 126 Å². The van der Waals surface area contributed by atoms with Crippen LogP contribution in [0.15, 0.2) is 94.5 Å². The normalized spacial score (nSPS) is 16.1. The van der Waals surface area contributed by atoms with Crippen LogP contribution in [0.4, 0.5) is 36.4 Å². The SMILES string of the molecule is Cn1cc(Nc2nccc(-c3ccc4c(c3)CN(CC(F)(F)F)CC[C@@H]4NC(=O)c3nnc(C(C)(C)C)o3)n2)cn1.Cn1cc(Nc2nccc(-c3ccc4c(c3)CN(CCO)CCC4NC(=O)c3nnc(C(C)(C)C)o3)n2)cn1. The minimum atomic E-state index is -4.37. The fraction of sp³-hybridized carbons (Fsp3) is 0.407. The van der Waals surface area contributed by atoms with Crippen LogP contribution in [0.5, 0.6) is 0 Å². The highest BCUT2D eigenvalue weighted by Gasteiger charge is 2.35. The summed E-state index contributed by atoms with van der Waals surface area (Å²) < 4.78 is 54.7. The molecule has 0 radical (unpaired) electrons. The summed E-state index contributed by atoms with van der Waals surface area (Å²) >= 11 is 0. The number of aliphatic hydroxyl groups excluding tert-OH is 1. The Morgan fingerprint density at radius 3 is 1.50 bits per heavy atom. The number of nitrogens with zero attached hydrogens (tertiary/aromatic N) is 14. The van der Waals surface area contributed by atoms with Crippen molar-refractivity contribution < 1.29 is 36.7 Å². The van der Waals surface area contributed by atoms with Crippen molar-refractivity contribution in [3.63, 3.8) is 0 Å². The molecule has 10 rings (SSSR count). The van der Waals surface area contributed by atoms with Crippen molar-refractivity contribution in [2.24, 2.45) is 14.1 Å². The van der Waals surface area contributed by atoms with Crippen LogP contribution in [0.2, 0.25) is 0 Å². The topological polar surface area (TPSA) is 274 Å². The van der Waals surface area contributed by atoms with E-state index in [4.69, 9.17) is 13.8 Å². The molecule has 26 heteroatoms. The van der Waals surface area contributed by atoms with Crippen LogP contribution < -0.4 is 21.3 Å². The molecular formula is C54H63F3N18O5. The molecule has 8 aromatic rings. The quantitative estimate of drug-likeness (QED) is 0.0747. The van der Waals surface area contributed by atoms with E-state index in [-0.39, 0.29) is 49.4 Å². The predicted molar refractivity (Wildman–Crippen MR) is 287 cm³/mol. The Morgan fingerprint density at radius 1 is 0.650 bits per heavy atom. The van der Waals surface area contributed by atoms with E-state index < -0.39 is 36.0 Å². The van der Waals surface area contributed by atoms with Gasteiger partial charge in [-0.1, -0.05) is 65.8 Å². The Balaban J connectivity index is 0.000000194. The van der Waals surface area contributed by atoms with E-state index in [0.29, 0.717) is 77.8 Å². The van der Waals surface area contributed by atoms with Gasteiger partial charge in [0.15, 0.2) is 0 Å². The monoisotopic (exact) mass is 1100 g/mol. The number of aryl methyl sites for hydroxylation is 2. The lowest BCUT2D eigenvalue weighted by molar-refractivity contribution is -0.147. The van der Waals surface area contributed by atoms with Crippen LogP contribution in [-0.2, 0) is 38.0 Å². The summed E-state index contributed by atoms with van der Waals surface area (Å²) in [5.74, 6) is 0.306. The average molecular weight is 1100 g/mol. The Kier molecular flexibility index (Phi) is 16.5. The summed E-state index contributed by atoms with van der Waals surface area (Å²) in [6, 6.07) is 14.3. The van der Waals surface area contributed by atoms with Gasteiger partial charge in [-0.3, -0.25) is 28.8 Å². The standard InChI is InChI=1S/C27H30F3N9O2.C27H33N9O3/c1-26(2,3)24-37-36-23(41-24)22(40)34-21-8-10-39(15-27(28,29)30)13-17-11-16(5-6-19(17)21)20-7-9-31-25(35-20)33-18-12-32-38(4)14-18;1-27(2,3)25-34-33-24(39-25)23(38)31-22-8-10-36(11-12-37)15-18-13-17(5-6-20(18)22)21-7-9-28-26(32-21)30-19-14-29-35(4)16-19/h5-7,9,11-12,14,21H,8,10,13,15H2,1-4H3,(H,34,40)(H,31,33,35);5-7,9,13-14,16,22,37H,8,10-12,15H2,1-4H3,(H,31,38)(H,28,30,32)/t21-;/m0./s1. The van der Waals surface area contributed by atoms with Gasteiger partial charge in [-0.05, 0) is 59.4 Å². The Morgan fingerprint density at radius 2 is 1.10 bits per heavy atom. The maximum Gasteiger partial charge on any atom is 0.401 e. The molecule has 5 N–H and O–H groups in total. The molecule has 0 saturated heterocycles. The second kappa shape index (κ2) is 23.5.